The molecule has 2 aromatic heterocycles. The Labute approximate surface area is 265 Å². The van der Waals surface area contributed by atoms with Crippen LogP contribution in [0.4, 0.5) is 0 Å². The zero-order valence-corrected chi connectivity index (χ0v) is 26.3. The van der Waals surface area contributed by atoms with Gasteiger partial charge in [-0.05, 0) is 52.3 Å². The molecule has 0 atom stereocenters. The second-order valence-electron chi connectivity index (χ2n) is 11.6. The van der Waals surface area contributed by atoms with E-state index in [0.717, 1.165) is 49.8 Å². The van der Waals surface area contributed by atoms with E-state index in [2.05, 4.69) is 87.5 Å². The second kappa shape index (κ2) is 11.3. The number of benzene rings is 5. The largest absolute Gasteiger partial charge is 0.507 e. The Morgan fingerprint density at radius 3 is 2.16 bits per heavy atom. The normalized spacial score (nSPS) is 11.5. The second-order valence-corrected chi connectivity index (χ2v) is 11.6. The molecule has 0 saturated carbocycles. The summed E-state index contributed by atoms with van der Waals surface area (Å²) in [5, 5.41) is 11.5. The van der Waals surface area contributed by atoms with E-state index < -0.39 is 0 Å². The molecule has 43 heavy (non-hydrogen) atoms. The molecule has 5 heteroatoms. The molecular formula is C38H29N2O2Pt-. The van der Waals surface area contributed by atoms with Gasteiger partial charge in [0.1, 0.15) is 11.3 Å². The maximum Gasteiger partial charge on any atom is 0.230 e. The Morgan fingerprint density at radius 2 is 1.40 bits per heavy atom. The molecule has 0 unspecified atom stereocenters. The van der Waals surface area contributed by atoms with Crippen LogP contribution in [0, 0.1) is 6.07 Å². The van der Waals surface area contributed by atoms with Gasteiger partial charge in [-0.1, -0.05) is 98.6 Å². The van der Waals surface area contributed by atoms with Crippen LogP contribution in [0.3, 0.4) is 0 Å². The molecule has 0 amide bonds. The molecule has 0 radical (unpaired) electrons. The number of oxazole rings is 1. The van der Waals surface area contributed by atoms with E-state index in [0.29, 0.717) is 17.0 Å². The van der Waals surface area contributed by atoms with Crippen LogP contribution in [0.2, 0.25) is 0 Å². The summed E-state index contributed by atoms with van der Waals surface area (Å²) in [5.41, 5.74) is 10.1. The Hall–Kier alpha value is -4.53. The van der Waals surface area contributed by atoms with Crippen molar-refractivity contribution in [1.82, 2.24) is 9.97 Å². The molecule has 0 saturated heterocycles. The molecule has 0 aliphatic rings. The fourth-order valence-electron chi connectivity index (χ4n) is 5.42. The number of phenolic OH excluding ortho intramolecular Hbond substituents is 1. The van der Waals surface area contributed by atoms with Gasteiger partial charge in [0.05, 0.1) is 11.1 Å². The molecule has 0 bridgehead atoms. The van der Waals surface area contributed by atoms with Gasteiger partial charge < -0.3 is 9.52 Å². The molecule has 5 aromatic carbocycles. The molecule has 7 aromatic rings. The van der Waals surface area contributed by atoms with E-state index in [-0.39, 0.29) is 32.2 Å². The van der Waals surface area contributed by atoms with E-state index >= 15 is 0 Å². The van der Waals surface area contributed by atoms with Crippen LogP contribution in [0.25, 0.3) is 66.8 Å². The number of hydrogen-bond acceptors (Lipinski definition) is 4. The van der Waals surface area contributed by atoms with Gasteiger partial charge in [-0.15, -0.1) is 34.9 Å². The number of aromatic hydroxyl groups is 1. The molecule has 0 fully saturated rings. The third kappa shape index (κ3) is 5.40. The van der Waals surface area contributed by atoms with Gasteiger partial charge in [0, 0.05) is 32.8 Å². The first-order chi connectivity index (χ1) is 20.3. The Balaban J connectivity index is 0.00000329. The van der Waals surface area contributed by atoms with Gasteiger partial charge in [0.15, 0.2) is 0 Å². The van der Waals surface area contributed by atoms with E-state index in [9.17, 15) is 5.11 Å². The van der Waals surface area contributed by atoms with Gasteiger partial charge in [0.25, 0.3) is 0 Å². The topological polar surface area (TPSA) is 59.2 Å². The molecule has 214 valence electrons. The third-order valence-corrected chi connectivity index (χ3v) is 7.68. The summed E-state index contributed by atoms with van der Waals surface area (Å²) < 4.78 is 6.14. The van der Waals surface area contributed by atoms with Crippen LogP contribution >= 0.6 is 0 Å². The minimum absolute atomic E-state index is 0. The Bertz CT molecular complexity index is 2090. The zero-order chi connectivity index (χ0) is 28.8. The fraction of sp³-hybridized carbons (Fsp3) is 0.105. The van der Waals surface area contributed by atoms with Crippen LogP contribution in [-0.2, 0) is 26.5 Å². The first kappa shape index (κ1) is 28.6. The predicted molar refractivity (Wildman–Crippen MR) is 170 cm³/mol. The Morgan fingerprint density at radius 1 is 0.674 bits per heavy atom. The molecule has 0 aliphatic heterocycles. The third-order valence-electron chi connectivity index (χ3n) is 7.68. The van der Waals surface area contributed by atoms with Crippen molar-refractivity contribution >= 4 is 22.0 Å². The maximum atomic E-state index is 10.4. The van der Waals surface area contributed by atoms with E-state index in [4.69, 9.17) is 14.4 Å². The van der Waals surface area contributed by atoms with Crippen molar-refractivity contribution in [2.75, 3.05) is 0 Å². The summed E-state index contributed by atoms with van der Waals surface area (Å²) in [4.78, 5) is 9.67. The molecule has 4 nitrogen and oxygen atoms in total. The van der Waals surface area contributed by atoms with Crippen molar-refractivity contribution in [2.24, 2.45) is 0 Å². The predicted octanol–water partition coefficient (Wildman–Crippen LogP) is 9.84. The van der Waals surface area contributed by atoms with E-state index in [1.54, 1.807) is 12.1 Å². The summed E-state index contributed by atoms with van der Waals surface area (Å²) in [7, 11) is 0. The van der Waals surface area contributed by atoms with Crippen LogP contribution in [-0.4, -0.2) is 15.1 Å². The number of aromatic nitrogens is 2. The van der Waals surface area contributed by atoms with E-state index in [1.165, 1.54) is 5.56 Å². The van der Waals surface area contributed by atoms with Crippen molar-refractivity contribution in [3.63, 3.8) is 0 Å². The fourth-order valence-corrected chi connectivity index (χ4v) is 5.42. The number of nitrogens with zero attached hydrogens (tertiary/aromatic N) is 2. The number of fused-ring (bicyclic) bond motifs is 2. The first-order valence-corrected chi connectivity index (χ1v) is 14.1. The van der Waals surface area contributed by atoms with E-state index in [1.807, 2.05) is 42.6 Å². The number of hydrogen-bond donors (Lipinski definition) is 1. The van der Waals surface area contributed by atoms with Crippen LogP contribution in [0.15, 0.2) is 120 Å². The van der Waals surface area contributed by atoms with Crippen molar-refractivity contribution in [2.45, 2.75) is 26.2 Å². The number of pyridine rings is 1. The average Bonchev–Trinajstić information content (AvgIpc) is 3.45. The minimum atomic E-state index is -0.114. The first-order valence-electron chi connectivity index (χ1n) is 14.1. The quantitative estimate of drug-likeness (QED) is 0.183. The SMILES string of the molecule is CC(C)(C)c1cc(-c2cc(-c3ccccc3)cc3cccnc23)[c-]c(-c2cccc3oc(-c4ccccc4O)nc23)c1.[Pt]. The van der Waals surface area contributed by atoms with Crippen molar-refractivity contribution < 1.29 is 30.6 Å². The molecule has 2 heterocycles. The van der Waals surface area contributed by atoms with Crippen molar-refractivity contribution in [1.29, 1.82) is 0 Å². The zero-order valence-electron chi connectivity index (χ0n) is 24.0. The summed E-state index contributed by atoms with van der Waals surface area (Å²) in [6.45, 7) is 6.67. The molecule has 1 N–H and O–H groups in total. The minimum Gasteiger partial charge on any atom is -0.507 e. The van der Waals surface area contributed by atoms with Crippen LogP contribution in [0.5, 0.6) is 5.75 Å². The number of rotatable bonds is 4. The number of phenols is 1. The standard InChI is InChI=1S/C38H29N2O2.Pt/c1-38(2,3)29-21-27(30-15-9-17-34-36(30)40-37(42-34)31-14-7-8-16-33(31)41)20-28(22-29)32-23-26(24-11-5-4-6-12-24)19-25-13-10-18-39-35(25)32;/h4-19,21-23,41H,1-3H3;/q-1;. The monoisotopic (exact) mass is 740 g/mol. The molecular weight excluding hydrogens is 712 g/mol. The van der Waals surface area contributed by atoms with Gasteiger partial charge in [-0.25, -0.2) is 4.98 Å². The summed E-state index contributed by atoms with van der Waals surface area (Å²) in [5.74, 6) is 0.514. The van der Waals surface area contributed by atoms with Gasteiger partial charge >= 0.3 is 0 Å². The maximum absolute atomic E-state index is 10.4. The molecule has 0 aliphatic carbocycles. The van der Waals surface area contributed by atoms with Gasteiger partial charge in [-0.3, -0.25) is 4.98 Å². The molecule has 7 rings (SSSR count). The van der Waals surface area contributed by atoms with Gasteiger partial charge in [-0.2, -0.15) is 0 Å². The summed E-state index contributed by atoms with van der Waals surface area (Å²) in [6, 6.07) is 40.2. The Kier molecular flexibility index (Phi) is 7.50. The molecule has 0 spiro atoms. The average molecular weight is 741 g/mol. The summed E-state index contributed by atoms with van der Waals surface area (Å²) in [6.07, 6.45) is 1.85. The van der Waals surface area contributed by atoms with Crippen molar-refractivity contribution in [3.05, 3.63) is 127 Å². The van der Waals surface area contributed by atoms with Crippen LogP contribution in [0.1, 0.15) is 26.3 Å². The summed E-state index contributed by atoms with van der Waals surface area (Å²) >= 11 is 0. The smallest absolute Gasteiger partial charge is 0.230 e. The van der Waals surface area contributed by atoms with Crippen molar-refractivity contribution in [3.8, 4) is 50.6 Å². The number of para-hydroxylation sites is 2. The van der Waals surface area contributed by atoms with Crippen LogP contribution < -0.4 is 0 Å². The van der Waals surface area contributed by atoms with Gasteiger partial charge in [0.2, 0.25) is 5.89 Å².